The van der Waals surface area contributed by atoms with Gasteiger partial charge in [0.05, 0.1) is 13.2 Å². The maximum atomic E-state index is 8.23. The Morgan fingerprint density at radius 1 is 1.62 bits per heavy atom. The highest BCUT2D eigenvalue weighted by atomic mass is 16.5. The molecule has 2 nitrogen and oxygen atoms in total. The second-order valence-corrected chi connectivity index (χ2v) is 1.30. The van der Waals surface area contributed by atoms with Crippen molar-refractivity contribution >= 4 is 0 Å². The molecule has 1 N–H and O–H groups in total. The van der Waals surface area contributed by atoms with Crippen LogP contribution in [0.4, 0.5) is 0 Å². The van der Waals surface area contributed by atoms with Crippen LogP contribution in [0.25, 0.3) is 0 Å². The lowest BCUT2D eigenvalue weighted by Gasteiger charge is -1.94. The molecule has 0 aliphatic rings. The SMILES string of the molecule is C=CCO[CH]CCO. The normalized spacial score (nSPS) is 9.12. The summed E-state index contributed by atoms with van der Waals surface area (Å²) in [5.74, 6) is 0. The third-order valence-electron chi connectivity index (χ3n) is 0.579. The highest BCUT2D eigenvalue weighted by molar-refractivity contribution is 4.65. The first-order valence-electron chi connectivity index (χ1n) is 2.57. The molecule has 0 aromatic heterocycles. The number of hydrogen-bond donors (Lipinski definition) is 1. The van der Waals surface area contributed by atoms with Crippen molar-refractivity contribution in [1.29, 1.82) is 0 Å². The summed E-state index contributed by atoms with van der Waals surface area (Å²) in [6.07, 6.45) is 2.25. The standard InChI is InChI=1S/C6H11O2/c1-2-5-8-6-3-4-7/h2,6-7H,1,3-5H2. The second kappa shape index (κ2) is 6.66. The summed E-state index contributed by atoms with van der Waals surface area (Å²) < 4.78 is 4.82. The molecule has 0 aromatic rings. The van der Waals surface area contributed by atoms with Gasteiger partial charge in [-0.1, -0.05) is 6.08 Å². The quantitative estimate of drug-likeness (QED) is 0.423. The number of rotatable bonds is 5. The Hall–Kier alpha value is -0.340. The lowest BCUT2D eigenvalue weighted by Crippen LogP contribution is -1.89. The van der Waals surface area contributed by atoms with Crippen LogP contribution in [0.15, 0.2) is 12.7 Å². The minimum atomic E-state index is 0.150. The average molecular weight is 115 g/mol. The molecule has 0 saturated carbocycles. The van der Waals surface area contributed by atoms with Crippen molar-refractivity contribution in [2.24, 2.45) is 0 Å². The van der Waals surface area contributed by atoms with E-state index in [2.05, 4.69) is 6.58 Å². The Kier molecular flexibility index (Phi) is 6.38. The zero-order valence-electron chi connectivity index (χ0n) is 4.84. The topological polar surface area (TPSA) is 29.5 Å². The summed E-state index contributed by atoms with van der Waals surface area (Å²) in [6.45, 7) is 5.70. The number of aliphatic hydroxyl groups excluding tert-OH is 1. The molecule has 0 spiro atoms. The minimum Gasteiger partial charge on any atom is -0.396 e. The van der Waals surface area contributed by atoms with E-state index in [9.17, 15) is 0 Å². The van der Waals surface area contributed by atoms with Gasteiger partial charge in [0, 0.05) is 6.61 Å². The van der Waals surface area contributed by atoms with Crippen molar-refractivity contribution in [3.8, 4) is 0 Å². The van der Waals surface area contributed by atoms with Crippen molar-refractivity contribution in [2.75, 3.05) is 13.2 Å². The van der Waals surface area contributed by atoms with Gasteiger partial charge in [0.15, 0.2) is 0 Å². The lowest BCUT2D eigenvalue weighted by molar-refractivity contribution is 0.197. The predicted octanol–water partition coefficient (Wildman–Crippen LogP) is 0.733. The van der Waals surface area contributed by atoms with Gasteiger partial charge in [0.25, 0.3) is 0 Å². The van der Waals surface area contributed by atoms with E-state index in [1.807, 2.05) is 0 Å². The Balaban J connectivity index is 2.62. The molecule has 1 radical (unpaired) electrons. The molecule has 2 heteroatoms. The predicted molar refractivity (Wildman–Crippen MR) is 32.2 cm³/mol. The van der Waals surface area contributed by atoms with Crippen molar-refractivity contribution in [3.05, 3.63) is 19.3 Å². The molecule has 47 valence electrons. The van der Waals surface area contributed by atoms with Crippen LogP contribution in [0.2, 0.25) is 0 Å². The first-order valence-corrected chi connectivity index (χ1v) is 2.57. The van der Waals surface area contributed by atoms with Crippen LogP contribution in [0.5, 0.6) is 0 Å². The molecule has 8 heavy (non-hydrogen) atoms. The average Bonchev–Trinajstić information content (AvgIpc) is 1.81. The minimum absolute atomic E-state index is 0.150. The summed E-state index contributed by atoms with van der Waals surface area (Å²) in [5, 5.41) is 8.23. The molecule has 0 saturated heterocycles. The van der Waals surface area contributed by atoms with E-state index >= 15 is 0 Å². The monoisotopic (exact) mass is 115 g/mol. The van der Waals surface area contributed by atoms with Gasteiger partial charge in [-0.05, 0) is 6.42 Å². The van der Waals surface area contributed by atoms with Crippen molar-refractivity contribution in [3.63, 3.8) is 0 Å². The first-order chi connectivity index (χ1) is 3.91. The summed E-state index contributed by atoms with van der Waals surface area (Å²) in [7, 11) is 0. The van der Waals surface area contributed by atoms with Crippen LogP contribution < -0.4 is 0 Å². The molecule has 0 aliphatic carbocycles. The third kappa shape index (κ3) is 5.66. The van der Waals surface area contributed by atoms with Crippen LogP contribution >= 0.6 is 0 Å². The Labute approximate surface area is 49.8 Å². The molecule has 0 aliphatic heterocycles. The summed E-state index contributed by atoms with van der Waals surface area (Å²) >= 11 is 0. The smallest absolute Gasteiger partial charge is 0.0863 e. The maximum absolute atomic E-state index is 8.23. The summed E-state index contributed by atoms with van der Waals surface area (Å²) in [4.78, 5) is 0. The van der Waals surface area contributed by atoms with E-state index in [-0.39, 0.29) is 6.61 Å². The Morgan fingerprint density at radius 2 is 2.38 bits per heavy atom. The summed E-state index contributed by atoms with van der Waals surface area (Å²) in [5.41, 5.74) is 0. The largest absolute Gasteiger partial charge is 0.396 e. The second-order valence-electron chi connectivity index (χ2n) is 1.30. The van der Waals surface area contributed by atoms with E-state index < -0.39 is 0 Å². The van der Waals surface area contributed by atoms with Gasteiger partial charge in [-0.3, -0.25) is 0 Å². The third-order valence-corrected chi connectivity index (χ3v) is 0.579. The van der Waals surface area contributed by atoms with Crippen LogP contribution in [0.3, 0.4) is 0 Å². The van der Waals surface area contributed by atoms with Crippen LogP contribution in [-0.2, 0) is 4.74 Å². The van der Waals surface area contributed by atoms with Gasteiger partial charge in [0.2, 0.25) is 0 Å². The van der Waals surface area contributed by atoms with E-state index in [1.165, 1.54) is 0 Å². The van der Waals surface area contributed by atoms with Gasteiger partial charge in [0.1, 0.15) is 0 Å². The Morgan fingerprint density at radius 3 is 2.88 bits per heavy atom. The lowest BCUT2D eigenvalue weighted by atomic mass is 10.5. The van der Waals surface area contributed by atoms with Crippen LogP contribution in [0.1, 0.15) is 6.42 Å². The number of ether oxygens (including phenoxy) is 1. The molecule has 0 atom stereocenters. The van der Waals surface area contributed by atoms with Gasteiger partial charge in [-0.2, -0.15) is 0 Å². The van der Waals surface area contributed by atoms with Gasteiger partial charge in [-0.25, -0.2) is 0 Å². The van der Waals surface area contributed by atoms with Crippen LogP contribution in [0, 0.1) is 6.61 Å². The number of hydrogen-bond acceptors (Lipinski definition) is 2. The molecule has 0 aromatic carbocycles. The first kappa shape index (κ1) is 7.66. The van der Waals surface area contributed by atoms with E-state index in [4.69, 9.17) is 9.84 Å². The molecular weight excluding hydrogens is 104 g/mol. The van der Waals surface area contributed by atoms with E-state index in [1.54, 1.807) is 12.7 Å². The molecule has 0 unspecified atom stereocenters. The molecular formula is C6H11O2. The molecule has 0 rings (SSSR count). The fourth-order valence-electron chi connectivity index (χ4n) is 0.272. The molecule has 0 fully saturated rings. The van der Waals surface area contributed by atoms with Crippen molar-refractivity contribution in [2.45, 2.75) is 6.42 Å². The zero-order chi connectivity index (χ0) is 6.24. The fourth-order valence-corrected chi connectivity index (χ4v) is 0.272. The molecule has 0 amide bonds. The van der Waals surface area contributed by atoms with Gasteiger partial charge >= 0.3 is 0 Å². The molecule has 0 heterocycles. The Bertz CT molecular complexity index is 52.5. The van der Waals surface area contributed by atoms with E-state index in [0.717, 1.165) is 0 Å². The zero-order valence-corrected chi connectivity index (χ0v) is 4.84. The van der Waals surface area contributed by atoms with Gasteiger partial charge < -0.3 is 9.84 Å². The fraction of sp³-hybridized carbons (Fsp3) is 0.500. The van der Waals surface area contributed by atoms with E-state index in [0.29, 0.717) is 13.0 Å². The maximum Gasteiger partial charge on any atom is 0.0863 e. The van der Waals surface area contributed by atoms with Crippen molar-refractivity contribution < 1.29 is 9.84 Å². The highest BCUT2D eigenvalue weighted by Crippen LogP contribution is 1.86. The highest BCUT2D eigenvalue weighted by Gasteiger charge is 1.81. The summed E-state index contributed by atoms with van der Waals surface area (Å²) in [6, 6.07) is 0. The number of aliphatic hydroxyl groups is 1. The van der Waals surface area contributed by atoms with Crippen LogP contribution in [-0.4, -0.2) is 18.3 Å². The van der Waals surface area contributed by atoms with Crippen molar-refractivity contribution in [1.82, 2.24) is 0 Å². The van der Waals surface area contributed by atoms with Gasteiger partial charge in [-0.15, -0.1) is 6.58 Å². The molecule has 0 bridgehead atoms.